The summed E-state index contributed by atoms with van der Waals surface area (Å²) in [7, 11) is 1.78. The standard InChI is InChI=1S/C12H25NOS/c1-3-8-13-11-6-4-7-12(11)15-10-5-9-14-2/h11-13H,3-10H2,1-2H3. The van der Waals surface area contributed by atoms with Crippen molar-refractivity contribution < 1.29 is 4.74 Å². The summed E-state index contributed by atoms with van der Waals surface area (Å²) in [6, 6.07) is 0.775. The molecule has 0 aromatic heterocycles. The first-order valence-corrected chi connectivity index (χ1v) is 7.27. The number of methoxy groups -OCH3 is 1. The van der Waals surface area contributed by atoms with Crippen molar-refractivity contribution in [2.24, 2.45) is 0 Å². The molecule has 2 atom stereocenters. The Morgan fingerprint density at radius 3 is 3.00 bits per heavy atom. The van der Waals surface area contributed by atoms with Gasteiger partial charge in [-0.2, -0.15) is 11.8 Å². The Morgan fingerprint density at radius 2 is 2.27 bits per heavy atom. The van der Waals surface area contributed by atoms with Crippen LogP contribution in [0.1, 0.15) is 39.0 Å². The van der Waals surface area contributed by atoms with Crippen LogP contribution in [0.3, 0.4) is 0 Å². The molecule has 1 aliphatic carbocycles. The van der Waals surface area contributed by atoms with Crippen LogP contribution in [-0.2, 0) is 4.74 Å². The highest BCUT2D eigenvalue weighted by atomic mass is 32.2. The maximum Gasteiger partial charge on any atom is 0.0470 e. The van der Waals surface area contributed by atoms with Gasteiger partial charge in [-0.25, -0.2) is 0 Å². The second kappa shape index (κ2) is 8.43. The molecule has 0 saturated heterocycles. The van der Waals surface area contributed by atoms with E-state index in [9.17, 15) is 0 Å². The summed E-state index contributed by atoms with van der Waals surface area (Å²) in [6.45, 7) is 4.33. The minimum absolute atomic E-state index is 0.775. The normalized spacial score (nSPS) is 26.0. The van der Waals surface area contributed by atoms with Crippen molar-refractivity contribution in [3.05, 3.63) is 0 Å². The number of nitrogens with one attached hydrogen (secondary N) is 1. The lowest BCUT2D eigenvalue weighted by molar-refractivity contribution is 0.200. The van der Waals surface area contributed by atoms with E-state index in [2.05, 4.69) is 24.0 Å². The third-order valence-electron chi connectivity index (χ3n) is 2.93. The van der Waals surface area contributed by atoms with Crippen LogP contribution >= 0.6 is 11.8 Å². The highest BCUT2D eigenvalue weighted by molar-refractivity contribution is 7.99. The third-order valence-corrected chi connectivity index (χ3v) is 4.45. The molecule has 0 bridgehead atoms. The highest BCUT2D eigenvalue weighted by Gasteiger charge is 2.26. The largest absolute Gasteiger partial charge is 0.385 e. The molecule has 1 fully saturated rings. The van der Waals surface area contributed by atoms with Gasteiger partial charge >= 0.3 is 0 Å². The van der Waals surface area contributed by atoms with Crippen LogP contribution in [0, 0.1) is 0 Å². The first-order valence-electron chi connectivity index (χ1n) is 6.22. The SMILES string of the molecule is CCCNC1CCCC1SCCCOC. The minimum Gasteiger partial charge on any atom is -0.385 e. The highest BCUT2D eigenvalue weighted by Crippen LogP contribution is 2.30. The fraction of sp³-hybridized carbons (Fsp3) is 1.00. The Kier molecular flexibility index (Phi) is 7.49. The maximum absolute atomic E-state index is 5.07. The van der Waals surface area contributed by atoms with E-state index in [0.717, 1.165) is 17.9 Å². The van der Waals surface area contributed by atoms with Gasteiger partial charge in [0.1, 0.15) is 0 Å². The third kappa shape index (κ3) is 5.23. The number of hydrogen-bond acceptors (Lipinski definition) is 3. The molecule has 0 heterocycles. The van der Waals surface area contributed by atoms with Gasteiger partial charge in [0.2, 0.25) is 0 Å². The predicted molar refractivity (Wildman–Crippen MR) is 68.7 cm³/mol. The van der Waals surface area contributed by atoms with Crippen LogP contribution in [-0.4, -0.2) is 37.3 Å². The second-order valence-electron chi connectivity index (χ2n) is 4.25. The van der Waals surface area contributed by atoms with Gasteiger partial charge in [0.05, 0.1) is 0 Å². The van der Waals surface area contributed by atoms with Crippen LogP contribution in [0.25, 0.3) is 0 Å². The molecule has 0 spiro atoms. The van der Waals surface area contributed by atoms with Crippen molar-refractivity contribution in [1.82, 2.24) is 5.32 Å². The summed E-state index contributed by atoms with van der Waals surface area (Å²) in [5.41, 5.74) is 0. The molecule has 0 amide bonds. The van der Waals surface area contributed by atoms with Gasteiger partial charge in [0.15, 0.2) is 0 Å². The minimum atomic E-state index is 0.775. The number of rotatable bonds is 8. The molecule has 15 heavy (non-hydrogen) atoms. The van der Waals surface area contributed by atoms with Crippen LogP contribution in [0.2, 0.25) is 0 Å². The molecule has 0 aromatic carbocycles. The van der Waals surface area contributed by atoms with Gasteiger partial charge in [0, 0.05) is 25.0 Å². The molecule has 90 valence electrons. The Morgan fingerprint density at radius 1 is 1.40 bits per heavy atom. The molecular weight excluding hydrogens is 206 g/mol. The Balaban J connectivity index is 2.09. The topological polar surface area (TPSA) is 21.3 Å². The summed E-state index contributed by atoms with van der Waals surface area (Å²) in [5, 5.41) is 4.53. The van der Waals surface area contributed by atoms with Gasteiger partial charge in [-0.15, -0.1) is 0 Å². The predicted octanol–water partition coefficient (Wildman–Crippen LogP) is 2.68. The quantitative estimate of drug-likeness (QED) is 0.649. The lowest BCUT2D eigenvalue weighted by atomic mass is 10.2. The van der Waals surface area contributed by atoms with Gasteiger partial charge in [0.25, 0.3) is 0 Å². The lowest BCUT2D eigenvalue weighted by Gasteiger charge is -2.20. The van der Waals surface area contributed by atoms with Crippen molar-refractivity contribution in [1.29, 1.82) is 0 Å². The fourth-order valence-corrected chi connectivity index (χ4v) is 3.51. The van der Waals surface area contributed by atoms with Crippen LogP contribution in [0.4, 0.5) is 0 Å². The number of thioether (sulfide) groups is 1. The zero-order chi connectivity index (χ0) is 10.9. The van der Waals surface area contributed by atoms with E-state index in [0.29, 0.717) is 0 Å². The summed E-state index contributed by atoms with van der Waals surface area (Å²) in [4.78, 5) is 0. The summed E-state index contributed by atoms with van der Waals surface area (Å²) < 4.78 is 5.07. The van der Waals surface area contributed by atoms with E-state index in [1.165, 1.54) is 44.4 Å². The van der Waals surface area contributed by atoms with E-state index in [1.54, 1.807) is 7.11 Å². The van der Waals surface area contributed by atoms with Gasteiger partial charge in [-0.05, 0) is 38.0 Å². The van der Waals surface area contributed by atoms with E-state index < -0.39 is 0 Å². The summed E-state index contributed by atoms with van der Waals surface area (Å²) >= 11 is 2.14. The van der Waals surface area contributed by atoms with Crippen molar-refractivity contribution >= 4 is 11.8 Å². The van der Waals surface area contributed by atoms with E-state index in [4.69, 9.17) is 4.74 Å². The van der Waals surface area contributed by atoms with Crippen LogP contribution in [0.5, 0.6) is 0 Å². The van der Waals surface area contributed by atoms with Gasteiger partial charge in [-0.1, -0.05) is 13.3 Å². The monoisotopic (exact) mass is 231 g/mol. The van der Waals surface area contributed by atoms with Gasteiger partial charge < -0.3 is 10.1 Å². The van der Waals surface area contributed by atoms with E-state index in [-0.39, 0.29) is 0 Å². The molecule has 1 aliphatic rings. The Bertz CT molecular complexity index is 155. The number of ether oxygens (including phenoxy) is 1. The molecular formula is C12H25NOS. The van der Waals surface area contributed by atoms with Crippen molar-refractivity contribution in [3.8, 4) is 0 Å². The molecule has 1 rings (SSSR count). The molecule has 1 saturated carbocycles. The zero-order valence-corrected chi connectivity index (χ0v) is 10.9. The molecule has 1 N–H and O–H groups in total. The van der Waals surface area contributed by atoms with Crippen molar-refractivity contribution in [3.63, 3.8) is 0 Å². The summed E-state index contributed by atoms with van der Waals surface area (Å²) in [5.74, 6) is 1.25. The van der Waals surface area contributed by atoms with Crippen molar-refractivity contribution in [2.45, 2.75) is 50.3 Å². The fourth-order valence-electron chi connectivity index (χ4n) is 2.13. The smallest absolute Gasteiger partial charge is 0.0470 e. The van der Waals surface area contributed by atoms with Crippen LogP contribution < -0.4 is 5.32 Å². The average molecular weight is 231 g/mol. The van der Waals surface area contributed by atoms with Gasteiger partial charge in [-0.3, -0.25) is 0 Å². The van der Waals surface area contributed by atoms with E-state index >= 15 is 0 Å². The summed E-state index contributed by atoms with van der Waals surface area (Å²) in [6.07, 6.45) is 6.63. The zero-order valence-electron chi connectivity index (χ0n) is 10.1. The molecule has 0 aliphatic heterocycles. The Labute approximate surface area is 98.5 Å². The Hall–Kier alpha value is 0.270. The number of hydrogen-bond donors (Lipinski definition) is 1. The maximum atomic E-state index is 5.07. The van der Waals surface area contributed by atoms with Crippen LogP contribution in [0.15, 0.2) is 0 Å². The second-order valence-corrected chi connectivity index (χ2v) is 5.59. The molecule has 3 heteroatoms. The first kappa shape index (κ1) is 13.3. The molecule has 2 nitrogen and oxygen atoms in total. The van der Waals surface area contributed by atoms with Crippen molar-refractivity contribution in [2.75, 3.05) is 26.0 Å². The average Bonchev–Trinajstić information content (AvgIpc) is 2.69. The van der Waals surface area contributed by atoms with E-state index in [1.807, 2.05) is 0 Å². The first-order chi connectivity index (χ1) is 7.38. The molecule has 0 aromatic rings. The molecule has 0 radical (unpaired) electrons. The molecule has 2 unspecified atom stereocenters. The lowest BCUT2D eigenvalue weighted by Crippen LogP contribution is -2.34.